The van der Waals surface area contributed by atoms with Gasteiger partial charge in [-0.3, -0.25) is 5.43 Å². The van der Waals surface area contributed by atoms with Gasteiger partial charge in [0.2, 0.25) is 0 Å². The molecule has 1 saturated carbocycles. The lowest BCUT2D eigenvalue weighted by Gasteiger charge is -2.22. The van der Waals surface area contributed by atoms with Gasteiger partial charge in [-0.2, -0.15) is 5.10 Å². The van der Waals surface area contributed by atoms with Crippen molar-refractivity contribution in [2.45, 2.75) is 44.9 Å². The Labute approximate surface area is 167 Å². The lowest BCUT2D eigenvalue weighted by Crippen LogP contribution is -2.25. The zero-order valence-electron chi connectivity index (χ0n) is 16.0. The number of methoxy groups -OCH3 is 1. The highest BCUT2D eigenvalue weighted by Gasteiger charge is 2.15. The van der Waals surface area contributed by atoms with Gasteiger partial charge in [-0.1, -0.05) is 55.7 Å². The number of ether oxygens (including phenoxy) is 1. The fourth-order valence-electron chi connectivity index (χ4n) is 3.53. The van der Waals surface area contributed by atoms with Crippen molar-refractivity contribution < 1.29 is 4.74 Å². The predicted octanol–water partition coefficient (Wildman–Crippen LogP) is 5.45. The van der Waals surface area contributed by atoms with Crippen LogP contribution in [0.2, 0.25) is 0 Å². The first-order valence-electron chi connectivity index (χ1n) is 9.52. The Morgan fingerprint density at radius 1 is 1.04 bits per heavy atom. The summed E-state index contributed by atoms with van der Waals surface area (Å²) in [5.74, 6) is 1.46. The van der Waals surface area contributed by atoms with Gasteiger partial charge in [0.15, 0.2) is 5.11 Å². The van der Waals surface area contributed by atoms with Crippen LogP contribution in [0.1, 0.15) is 56.1 Å². The molecule has 0 unspecified atom stereocenters. The Morgan fingerprint density at radius 2 is 1.74 bits per heavy atom. The fourth-order valence-corrected chi connectivity index (χ4v) is 3.69. The summed E-state index contributed by atoms with van der Waals surface area (Å²) in [6.45, 7) is 1.98. The molecule has 1 aliphatic rings. The number of hydrazone groups is 1. The number of nitrogens with one attached hydrogen (secondary N) is 2. The molecular formula is C22H27N3OS. The number of thiocarbonyl (C=S) groups is 1. The number of hydrogen-bond acceptors (Lipinski definition) is 3. The molecule has 0 saturated heterocycles. The van der Waals surface area contributed by atoms with Gasteiger partial charge >= 0.3 is 0 Å². The maximum atomic E-state index is 5.33. The highest BCUT2D eigenvalue weighted by Crippen LogP contribution is 2.32. The summed E-state index contributed by atoms with van der Waals surface area (Å²) in [4.78, 5) is 0. The van der Waals surface area contributed by atoms with Gasteiger partial charge in [0.05, 0.1) is 18.5 Å². The number of benzene rings is 2. The van der Waals surface area contributed by atoms with Crippen LogP contribution in [0.15, 0.2) is 53.6 Å². The van der Waals surface area contributed by atoms with E-state index in [2.05, 4.69) is 40.1 Å². The van der Waals surface area contributed by atoms with Crippen molar-refractivity contribution in [3.05, 3.63) is 59.7 Å². The quantitative estimate of drug-likeness (QED) is 0.410. The molecule has 0 spiro atoms. The molecule has 1 fully saturated rings. The lowest BCUT2D eigenvalue weighted by atomic mass is 9.84. The average Bonchev–Trinajstić information content (AvgIpc) is 2.73. The summed E-state index contributed by atoms with van der Waals surface area (Å²) in [5.41, 5.74) is 7.17. The first-order chi connectivity index (χ1) is 13.2. The number of para-hydroxylation sites is 2. The summed E-state index contributed by atoms with van der Waals surface area (Å²) < 4.78 is 5.32. The van der Waals surface area contributed by atoms with E-state index in [1.54, 1.807) is 7.11 Å². The molecule has 0 aromatic heterocycles. The third-order valence-corrected chi connectivity index (χ3v) is 5.28. The monoisotopic (exact) mass is 381 g/mol. The van der Waals surface area contributed by atoms with Crippen LogP contribution in [-0.2, 0) is 0 Å². The van der Waals surface area contributed by atoms with E-state index in [0.29, 0.717) is 5.11 Å². The average molecular weight is 382 g/mol. The van der Waals surface area contributed by atoms with Crippen molar-refractivity contribution in [1.29, 1.82) is 0 Å². The predicted molar refractivity (Wildman–Crippen MR) is 117 cm³/mol. The first-order valence-corrected chi connectivity index (χ1v) is 9.93. The van der Waals surface area contributed by atoms with Crippen LogP contribution in [0.3, 0.4) is 0 Å². The van der Waals surface area contributed by atoms with Gasteiger partial charge in [0.1, 0.15) is 5.75 Å². The molecule has 3 rings (SSSR count). The smallest absolute Gasteiger partial charge is 0.191 e. The molecule has 0 heterocycles. The first kappa shape index (κ1) is 19.4. The Morgan fingerprint density at radius 3 is 2.44 bits per heavy atom. The zero-order chi connectivity index (χ0) is 19.1. The van der Waals surface area contributed by atoms with E-state index >= 15 is 0 Å². The third kappa shape index (κ3) is 5.30. The molecule has 4 nitrogen and oxygen atoms in total. The number of hydrogen-bond donors (Lipinski definition) is 2. The largest absolute Gasteiger partial charge is 0.495 e. The van der Waals surface area contributed by atoms with Gasteiger partial charge in [-0.05, 0) is 61.2 Å². The third-order valence-electron chi connectivity index (χ3n) is 5.09. The molecule has 1 aliphatic carbocycles. The van der Waals surface area contributed by atoms with E-state index in [-0.39, 0.29) is 0 Å². The van der Waals surface area contributed by atoms with Crippen molar-refractivity contribution in [2.75, 3.05) is 12.4 Å². The number of rotatable bonds is 5. The van der Waals surface area contributed by atoms with Gasteiger partial charge in [-0.15, -0.1) is 0 Å². The van der Waals surface area contributed by atoms with Crippen molar-refractivity contribution >= 4 is 28.7 Å². The van der Waals surface area contributed by atoms with Crippen molar-refractivity contribution in [3.8, 4) is 5.75 Å². The molecule has 2 aromatic carbocycles. The molecule has 0 amide bonds. The van der Waals surface area contributed by atoms with Gasteiger partial charge in [0, 0.05) is 0 Å². The van der Waals surface area contributed by atoms with Crippen molar-refractivity contribution in [2.24, 2.45) is 5.10 Å². The molecule has 2 aromatic rings. The van der Waals surface area contributed by atoms with Crippen LogP contribution in [-0.4, -0.2) is 17.9 Å². The van der Waals surface area contributed by atoms with Crippen LogP contribution in [0.4, 0.5) is 5.69 Å². The summed E-state index contributed by atoms with van der Waals surface area (Å²) in [6.07, 6.45) is 6.73. The second-order valence-corrected chi connectivity index (χ2v) is 7.33. The van der Waals surface area contributed by atoms with Gasteiger partial charge < -0.3 is 10.1 Å². The highest BCUT2D eigenvalue weighted by molar-refractivity contribution is 7.80. The highest BCUT2D eigenvalue weighted by atomic mass is 32.1. The summed E-state index contributed by atoms with van der Waals surface area (Å²) in [5, 5.41) is 7.95. The lowest BCUT2D eigenvalue weighted by molar-refractivity contribution is 0.417. The van der Waals surface area contributed by atoms with Crippen LogP contribution in [0, 0.1) is 0 Å². The van der Waals surface area contributed by atoms with Crippen molar-refractivity contribution in [1.82, 2.24) is 5.43 Å². The Bertz CT molecular complexity index is 795. The van der Waals surface area contributed by atoms with Crippen LogP contribution >= 0.6 is 12.2 Å². The van der Waals surface area contributed by atoms with E-state index < -0.39 is 0 Å². The molecular weight excluding hydrogens is 354 g/mol. The molecule has 5 heteroatoms. The van der Waals surface area contributed by atoms with Crippen LogP contribution in [0.25, 0.3) is 0 Å². The maximum absolute atomic E-state index is 5.33. The number of anilines is 1. The van der Waals surface area contributed by atoms with Crippen LogP contribution < -0.4 is 15.5 Å². The summed E-state index contributed by atoms with van der Waals surface area (Å²) in [7, 11) is 1.64. The minimum Gasteiger partial charge on any atom is -0.495 e. The second kappa shape index (κ2) is 9.51. The zero-order valence-corrected chi connectivity index (χ0v) is 16.8. The maximum Gasteiger partial charge on any atom is 0.191 e. The fraction of sp³-hybridized carbons (Fsp3) is 0.364. The van der Waals surface area contributed by atoms with E-state index in [1.165, 1.54) is 37.7 Å². The summed E-state index contributed by atoms with van der Waals surface area (Å²) in [6, 6.07) is 16.4. The van der Waals surface area contributed by atoms with Crippen molar-refractivity contribution in [3.63, 3.8) is 0 Å². The minimum absolute atomic E-state index is 0.428. The topological polar surface area (TPSA) is 45.6 Å². The van der Waals surface area contributed by atoms with Crippen LogP contribution in [0.5, 0.6) is 5.75 Å². The summed E-state index contributed by atoms with van der Waals surface area (Å²) >= 11 is 5.33. The SMILES string of the molecule is COc1ccccc1NC(=S)NN=C(C)c1ccc(C2CCCCC2)cc1. The molecule has 0 radical (unpaired) electrons. The molecule has 0 aliphatic heterocycles. The van der Waals surface area contributed by atoms with E-state index in [9.17, 15) is 0 Å². The molecule has 142 valence electrons. The Balaban J connectivity index is 1.59. The molecule has 2 N–H and O–H groups in total. The van der Waals surface area contributed by atoms with E-state index in [4.69, 9.17) is 17.0 Å². The molecule has 0 bridgehead atoms. The normalized spacial score (nSPS) is 15.3. The van der Waals surface area contributed by atoms with Gasteiger partial charge in [0.25, 0.3) is 0 Å². The Kier molecular flexibility index (Phi) is 6.82. The molecule has 27 heavy (non-hydrogen) atoms. The second-order valence-electron chi connectivity index (χ2n) is 6.92. The standard InChI is InChI=1S/C22H27N3OS/c1-16(17-12-14-19(15-13-17)18-8-4-3-5-9-18)24-25-22(27)23-20-10-6-7-11-21(20)26-2/h6-7,10-15,18H,3-5,8-9H2,1-2H3,(H2,23,25,27). The number of nitrogens with zero attached hydrogens (tertiary/aromatic N) is 1. The van der Waals surface area contributed by atoms with Gasteiger partial charge in [-0.25, -0.2) is 0 Å². The van der Waals surface area contributed by atoms with E-state index in [0.717, 1.165) is 28.6 Å². The minimum atomic E-state index is 0.428. The molecule has 0 atom stereocenters. The van der Waals surface area contributed by atoms with E-state index in [1.807, 2.05) is 31.2 Å². The Hall–Kier alpha value is -2.40.